The maximum absolute atomic E-state index is 13.0. The maximum Gasteiger partial charge on any atom is 0.416 e. The molecule has 0 aliphatic carbocycles. The van der Waals surface area contributed by atoms with E-state index in [1.54, 1.807) is 0 Å². The predicted molar refractivity (Wildman–Crippen MR) is 78.2 cm³/mol. The lowest BCUT2D eigenvalue weighted by molar-refractivity contribution is -0.143. The highest BCUT2D eigenvalue weighted by Crippen LogP contribution is 2.41. The Labute approximate surface area is 135 Å². The summed E-state index contributed by atoms with van der Waals surface area (Å²) in [6, 6.07) is 2.10. The van der Waals surface area contributed by atoms with E-state index in [2.05, 4.69) is 4.90 Å². The van der Waals surface area contributed by atoms with Gasteiger partial charge in [-0.3, -0.25) is 4.90 Å². The molecule has 2 heterocycles. The number of hydrogen-bond acceptors (Lipinski definition) is 1. The predicted octanol–water partition coefficient (Wildman–Crippen LogP) is 5.36. The molecule has 2 unspecified atom stereocenters. The smallest absolute Gasteiger partial charge is 0.297 e. The van der Waals surface area contributed by atoms with E-state index in [9.17, 15) is 26.3 Å². The highest BCUT2D eigenvalue weighted by molar-refractivity contribution is 5.69. The molecule has 132 valence electrons. The molecule has 2 atom stereocenters. The Morgan fingerprint density at radius 2 is 1.50 bits per heavy atom. The van der Waals surface area contributed by atoms with Crippen molar-refractivity contribution < 1.29 is 26.3 Å². The van der Waals surface area contributed by atoms with Crippen LogP contribution in [0.15, 0.2) is 24.3 Å². The Bertz CT molecular complexity index is 626. The van der Waals surface area contributed by atoms with Crippen LogP contribution in [0.1, 0.15) is 42.4 Å². The first-order chi connectivity index (χ1) is 11.1. The van der Waals surface area contributed by atoms with Crippen LogP contribution in [-0.4, -0.2) is 24.0 Å². The molecule has 1 saturated heterocycles. The molecule has 0 spiro atoms. The second kappa shape index (κ2) is 5.79. The highest BCUT2D eigenvalue weighted by atomic mass is 19.4. The van der Waals surface area contributed by atoms with E-state index in [0.717, 1.165) is 31.4 Å². The number of benzene rings is 1. The van der Waals surface area contributed by atoms with Crippen LogP contribution in [0.3, 0.4) is 0 Å². The number of alkyl halides is 6. The van der Waals surface area contributed by atoms with Crippen molar-refractivity contribution in [2.75, 3.05) is 7.05 Å². The third kappa shape index (κ3) is 3.31. The molecule has 2 aliphatic heterocycles. The van der Waals surface area contributed by atoms with Gasteiger partial charge in [0.05, 0.1) is 11.1 Å². The minimum Gasteiger partial charge on any atom is -0.297 e. The van der Waals surface area contributed by atoms with Crippen LogP contribution >= 0.6 is 0 Å². The number of halogens is 6. The standard InChI is InChI=1S/C17H17F6N/c1-24-14-3-2-4-15(24)8-11(7-14)10-5-12(16(18,19)20)9-13(6-10)17(21,22)23/h5-7,9,14-15H,2-4,8H2,1H3. The fourth-order valence-electron chi connectivity index (χ4n) is 3.60. The molecule has 0 radical (unpaired) electrons. The maximum atomic E-state index is 13.0. The highest BCUT2D eigenvalue weighted by Gasteiger charge is 2.38. The number of piperidine rings is 1. The van der Waals surface area contributed by atoms with Crippen molar-refractivity contribution in [2.45, 2.75) is 50.1 Å². The van der Waals surface area contributed by atoms with Crippen LogP contribution in [0.2, 0.25) is 0 Å². The van der Waals surface area contributed by atoms with Crippen molar-refractivity contribution in [3.8, 4) is 0 Å². The molecule has 0 N–H and O–H groups in total. The summed E-state index contributed by atoms with van der Waals surface area (Å²) in [5.41, 5.74) is -1.89. The third-order valence-corrected chi connectivity index (χ3v) is 4.94. The molecule has 24 heavy (non-hydrogen) atoms. The van der Waals surface area contributed by atoms with Crippen LogP contribution in [-0.2, 0) is 12.4 Å². The first kappa shape index (κ1) is 17.3. The minimum absolute atomic E-state index is 0.0298. The van der Waals surface area contributed by atoms with Crippen molar-refractivity contribution in [1.82, 2.24) is 4.90 Å². The lowest BCUT2D eigenvalue weighted by Crippen LogP contribution is -2.45. The van der Waals surface area contributed by atoms with Gasteiger partial charge in [0.1, 0.15) is 0 Å². The Morgan fingerprint density at radius 3 is 2.00 bits per heavy atom. The Morgan fingerprint density at radius 1 is 0.917 bits per heavy atom. The van der Waals surface area contributed by atoms with Gasteiger partial charge in [-0.2, -0.15) is 26.3 Å². The molecule has 1 aromatic carbocycles. The van der Waals surface area contributed by atoms with Crippen LogP contribution in [0.5, 0.6) is 0 Å². The van der Waals surface area contributed by atoms with Gasteiger partial charge in [-0.25, -0.2) is 0 Å². The van der Waals surface area contributed by atoms with Crippen LogP contribution < -0.4 is 0 Å². The molecular weight excluding hydrogens is 332 g/mol. The zero-order chi connectivity index (χ0) is 17.7. The summed E-state index contributed by atoms with van der Waals surface area (Å²) >= 11 is 0. The zero-order valence-corrected chi connectivity index (χ0v) is 13.0. The molecule has 1 fully saturated rings. The van der Waals surface area contributed by atoms with Crippen molar-refractivity contribution in [3.05, 3.63) is 41.0 Å². The largest absolute Gasteiger partial charge is 0.416 e. The van der Waals surface area contributed by atoms with E-state index in [1.807, 2.05) is 13.1 Å². The zero-order valence-electron chi connectivity index (χ0n) is 13.0. The molecule has 2 bridgehead atoms. The Kier molecular flexibility index (Phi) is 4.18. The fraction of sp³-hybridized carbons (Fsp3) is 0.529. The van der Waals surface area contributed by atoms with E-state index in [0.29, 0.717) is 12.0 Å². The Balaban J connectivity index is 2.07. The van der Waals surface area contributed by atoms with E-state index in [1.165, 1.54) is 0 Å². The average Bonchev–Trinajstić information content (AvgIpc) is 2.44. The van der Waals surface area contributed by atoms with Crippen molar-refractivity contribution in [3.63, 3.8) is 0 Å². The number of likely N-dealkylation sites (N-methyl/N-ethyl adjacent to an activating group) is 1. The summed E-state index contributed by atoms with van der Waals surface area (Å²) in [4.78, 5) is 2.16. The number of hydrogen-bond donors (Lipinski definition) is 0. The lowest BCUT2D eigenvalue weighted by Gasteiger charge is -2.43. The first-order valence-electron chi connectivity index (χ1n) is 7.78. The quantitative estimate of drug-likeness (QED) is 0.617. The van der Waals surface area contributed by atoms with Gasteiger partial charge < -0.3 is 0 Å². The van der Waals surface area contributed by atoms with Gasteiger partial charge in [-0.05, 0) is 55.6 Å². The van der Waals surface area contributed by atoms with Crippen LogP contribution in [0.4, 0.5) is 26.3 Å². The Hall–Kier alpha value is -1.50. The van der Waals surface area contributed by atoms with Gasteiger partial charge in [-0.15, -0.1) is 0 Å². The van der Waals surface area contributed by atoms with Gasteiger partial charge in [0.15, 0.2) is 0 Å². The summed E-state index contributed by atoms with van der Waals surface area (Å²) in [6.45, 7) is 0. The molecule has 1 nitrogen and oxygen atoms in total. The number of nitrogens with zero attached hydrogens (tertiary/aromatic N) is 1. The molecule has 1 aromatic rings. The molecule has 7 heteroatoms. The minimum atomic E-state index is -4.81. The summed E-state index contributed by atoms with van der Waals surface area (Å²) in [5, 5.41) is 0. The molecule has 3 rings (SSSR count). The summed E-state index contributed by atoms with van der Waals surface area (Å²) in [5.74, 6) is 0. The van der Waals surface area contributed by atoms with Gasteiger partial charge in [-0.1, -0.05) is 12.5 Å². The normalized spacial score (nSPS) is 25.5. The summed E-state index contributed by atoms with van der Waals surface area (Å²) in [7, 11) is 1.95. The summed E-state index contributed by atoms with van der Waals surface area (Å²) < 4.78 is 78.0. The van der Waals surface area contributed by atoms with Crippen LogP contribution in [0, 0.1) is 0 Å². The number of rotatable bonds is 1. The van der Waals surface area contributed by atoms with E-state index >= 15 is 0 Å². The van der Waals surface area contributed by atoms with Crippen LogP contribution in [0.25, 0.3) is 5.57 Å². The second-order valence-electron chi connectivity index (χ2n) is 6.51. The topological polar surface area (TPSA) is 3.24 Å². The molecule has 2 aliphatic rings. The average molecular weight is 349 g/mol. The van der Waals surface area contributed by atoms with Gasteiger partial charge >= 0.3 is 12.4 Å². The lowest BCUT2D eigenvalue weighted by atomic mass is 9.82. The van der Waals surface area contributed by atoms with Crippen molar-refractivity contribution >= 4 is 5.57 Å². The van der Waals surface area contributed by atoms with Crippen molar-refractivity contribution in [2.24, 2.45) is 0 Å². The van der Waals surface area contributed by atoms with Gasteiger partial charge in [0.2, 0.25) is 0 Å². The first-order valence-corrected chi connectivity index (χ1v) is 7.78. The molecule has 0 saturated carbocycles. The second-order valence-corrected chi connectivity index (χ2v) is 6.51. The molecule has 0 aromatic heterocycles. The summed E-state index contributed by atoms with van der Waals surface area (Å²) in [6.07, 6.45) is -4.50. The molecule has 0 amide bonds. The van der Waals surface area contributed by atoms with E-state index in [-0.39, 0.29) is 23.7 Å². The van der Waals surface area contributed by atoms with Crippen molar-refractivity contribution in [1.29, 1.82) is 0 Å². The third-order valence-electron chi connectivity index (χ3n) is 4.94. The van der Waals surface area contributed by atoms with E-state index < -0.39 is 23.5 Å². The van der Waals surface area contributed by atoms with Gasteiger partial charge in [0.25, 0.3) is 0 Å². The van der Waals surface area contributed by atoms with E-state index in [4.69, 9.17) is 0 Å². The monoisotopic (exact) mass is 349 g/mol. The number of fused-ring (bicyclic) bond motifs is 2. The van der Waals surface area contributed by atoms with Gasteiger partial charge in [0, 0.05) is 12.1 Å². The SMILES string of the molecule is CN1C2C=C(c3cc(C(F)(F)F)cc(C(F)(F)F)c3)CC1CCC2. The molecular formula is C17H17F6N. The fourth-order valence-corrected chi connectivity index (χ4v) is 3.60.